The van der Waals surface area contributed by atoms with E-state index >= 15 is 0 Å². The number of nitrogens with one attached hydrogen (secondary N) is 2. The average Bonchev–Trinajstić information content (AvgIpc) is 3.55. The number of cyclic esters (lactones) is 1. The summed E-state index contributed by atoms with van der Waals surface area (Å²) in [4.78, 5) is 100. The fourth-order valence-corrected chi connectivity index (χ4v) is 7.18. The maximum Gasteiger partial charge on any atom is 0.340 e. The smallest absolute Gasteiger partial charge is 0.340 e. The molecule has 55 heavy (non-hydrogen) atoms. The van der Waals surface area contributed by atoms with Gasteiger partial charge in [0, 0.05) is 40.7 Å². The van der Waals surface area contributed by atoms with Gasteiger partial charge in [-0.25, -0.2) is 4.79 Å². The van der Waals surface area contributed by atoms with E-state index in [-0.39, 0.29) is 49.6 Å². The number of benzene rings is 1. The highest BCUT2D eigenvalue weighted by Crippen LogP contribution is 2.28. The Labute approximate surface area is 329 Å². The molecule has 2 fully saturated rings. The number of nitrogens with zero attached hydrogens (tertiary/aromatic N) is 3. The summed E-state index contributed by atoms with van der Waals surface area (Å²) in [6, 6.07) is 4.61. The first-order valence-corrected chi connectivity index (χ1v) is 19.5. The van der Waals surface area contributed by atoms with Crippen molar-refractivity contribution < 1.29 is 47.8 Å². The predicted molar refractivity (Wildman–Crippen MR) is 203 cm³/mol. The third-order valence-electron chi connectivity index (χ3n) is 10.6. The normalized spacial score (nSPS) is 26.9. The summed E-state index contributed by atoms with van der Waals surface area (Å²) in [6.07, 6.45) is -3.47. The van der Waals surface area contributed by atoms with Crippen LogP contribution in [0.25, 0.3) is 0 Å². The molecule has 2 aliphatic heterocycles. The van der Waals surface area contributed by atoms with E-state index in [1.807, 2.05) is 20.8 Å². The van der Waals surface area contributed by atoms with Crippen LogP contribution in [0.15, 0.2) is 30.3 Å². The number of esters is 2. The highest BCUT2D eigenvalue weighted by Gasteiger charge is 2.46. The molecule has 15 nitrogen and oxygen atoms in total. The number of ether oxygens (including phenoxy) is 3. The monoisotopic (exact) mass is 791 g/mol. The lowest BCUT2D eigenvalue weighted by atomic mass is 9.94. The molecule has 0 spiro atoms. The molecule has 0 unspecified atom stereocenters. The zero-order valence-corrected chi connectivity index (χ0v) is 34.2. The van der Waals surface area contributed by atoms with Crippen LogP contribution in [-0.4, -0.2) is 133 Å². The first kappa shape index (κ1) is 45.2. The summed E-state index contributed by atoms with van der Waals surface area (Å²) in [6.45, 7) is 10.6. The molecule has 9 atom stereocenters. The van der Waals surface area contributed by atoms with Crippen molar-refractivity contribution in [2.75, 3.05) is 40.2 Å². The molecule has 0 saturated carbocycles. The van der Waals surface area contributed by atoms with Crippen molar-refractivity contribution in [1.82, 2.24) is 25.3 Å². The fourth-order valence-electron chi connectivity index (χ4n) is 6.99. The van der Waals surface area contributed by atoms with Crippen LogP contribution in [0, 0.1) is 17.8 Å². The Balaban J connectivity index is 2.03. The molecule has 5 amide bonds. The Kier molecular flexibility index (Phi) is 16.9. The second kappa shape index (κ2) is 20.6. The number of rotatable bonds is 10. The zero-order chi connectivity index (χ0) is 41.1. The van der Waals surface area contributed by atoms with E-state index in [4.69, 9.17) is 25.8 Å². The van der Waals surface area contributed by atoms with E-state index in [1.165, 1.54) is 42.8 Å². The molecule has 1 aromatic rings. The minimum absolute atomic E-state index is 0.142. The van der Waals surface area contributed by atoms with Gasteiger partial charge in [0.1, 0.15) is 30.3 Å². The van der Waals surface area contributed by atoms with Crippen LogP contribution in [0.2, 0.25) is 0 Å². The number of methoxy groups -OCH3 is 1. The van der Waals surface area contributed by atoms with Gasteiger partial charge in [0.15, 0.2) is 12.2 Å². The van der Waals surface area contributed by atoms with Crippen molar-refractivity contribution >= 4 is 53.1 Å². The highest BCUT2D eigenvalue weighted by atomic mass is 35.5. The minimum atomic E-state index is -1.53. The largest absolute Gasteiger partial charge is 0.459 e. The quantitative estimate of drug-likeness (QED) is 0.264. The minimum Gasteiger partial charge on any atom is -0.459 e. The predicted octanol–water partition coefficient (Wildman–Crippen LogP) is 2.44. The Hall–Kier alpha value is -4.24. The third kappa shape index (κ3) is 11.2. The van der Waals surface area contributed by atoms with Crippen molar-refractivity contribution in [1.29, 1.82) is 0 Å². The molecule has 2 saturated heterocycles. The van der Waals surface area contributed by atoms with E-state index in [9.17, 15) is 33.6 Å². The van der Waals surface area contributed by atoms with Gasteiger partial charge in [0.05, 0.1) is 12.3 Å². The van der Waals surface area contributed by atoms with E-state index < -0.39 is 84.0 Å². The number of amides is 5. The summed E-state index contributed by atoms with van der Waals surface area (Å²) in [5, 5.41) is 5.54. The van der Waals surface area contributed by atoms with E-state index in [2.05, 4.69) is 10.6 Å². The molecule has 2 aliphatic rings. The van der Waals surface area contributed by atoms with Gasteiger partial charge in [-0.15, -0.1) is 11.6 Å². The van der Waals surface area contributed by atoms with Gasteiger partial charge >= 0.3 is 11.9 Å². The van der Waals surface area contributed by atoms with Gasteiger partial charge in [-0.05, 0) is 36.7 Å². The summed E-state index contributed by atoms with van der Waals surface area (Å²) >= 11 is 6.27. The molecular formula is C39H58ClN5O10. The van der Waals surface area contributed by atoms with Crippen molar-refractivity contribution in [3.63, 3.8) is 0 Å². The number of carbonyl (C=O) groups excluding carboxylic acids is 7. The molecule has 2 N–H and O–H groups in total. The number of likely N-dealkylation sites (N-methyl/N-ethyl adjacent to an activating group) is 2. The molecule has 3 rings (SSSR count). The maximum atomic E-state index is 14.4. The van der Waals surface area contributed by atoms with Crippen LogP contribution in [-0.2, 0) is 47.8 Å². The van der Waals surface area contributed by atoms with E-state index in [0.29, 0.717) is 18.4 Å². The number of alkyl halides is 1. The number of hydrogen-bond donors (Lipinski definition) is 2. The summed E-state index contributed by atoms with van der Waals surface area (Å²) in [7, 11) is 4.32. The molecule has 0 aromatic heterocycles. The van der Waals surface area contributed by atoms with Crippen LogP contribution in [0.4, 0.5) is 0 Å². The first-order chi connectivity index (χ1) is 26.0. The molecular weight excluding hydrogens is 734 g/mol. The molecule has 0 bridgehead atoms. The number of fused-ring (bicyclic) bond motifs is 1. The maximum absolute atomic E-state index is 14.4. The van der Waals surface area contributed by atoms with Gasteiger partial charge in [0.25, 0.3) is 5.91 Å². The van der Waals surface area contributed by atoms with Gasteiger partial charge in [-0.3, -0.25) is 28.8 Å². The Morgan fingerprint density at radius 1 is 0.964 bits per heavy atom. The molecule has 1 aromatic carbocycles. The lowest BCUT2D eigenvalue weighted by Crippen LogP contribution is -2.61. The van der Waals surface area contributed by atoms with Crippen molar-refractivity contribution in [3.05, 3.63) is 35.9 Å². The van der Waals surface area contributed by atoms with E-state index in [0.717, 1.165) is 0 Å². The second-order valence-corrected chi connectivity index (χ2v) is 15.2. The molecule has 0 radical (unpaired) electrons. The van der Waals surface area contributed by atoms with Crippen LogP contribution < -0.4 is 10.6 Å². The van der Waals surface area contributed by atoms with E-state index in [1.54, 1.807) is 44.2 Å². The molecule has 16 heteroatoms. The average molecular weight is 792 g/mol. The van der Waals surface area contributed by atoms with Gasteiger partial charge in [-0.1, -0.05) is 71.4 Å². The Morgan fingerprint density at radius 2 is 1.62 bits per heavy atom. The second-order valence-electron chi connectivity index (χ2n) is 14.9. The number of carbonyl (C=O) groups is 7. The Bertz CT molecular complexity index is 1530. The van der Waals surface area contributed by atoms with Crippen LogP contribution in [0.5, 0.6) is 0 Å². The van der Waals surface area contributed by atoms with Crippen LogP contribution in [0.1, 0.15) is 78.9 Å². The fraction of sp³-hybridized carbons (Fsp3) is 0.667. The summed E-state index contributed by atoms with van der Waals surface area (Å²) in [5.41, 5.74) is 0.532. The lowest BCUT2D eigenvalue weighted by Gasteiger charge is -2.38. The van der Waals surface area contributed by atoms with Crippen LogP contribution >= 0.6 is 11.6 Å². The highest BCUT2D eigenvalue weighted by molar-refractivity contribution is 6.18. The van der Waals surface area contributed by atoms with Gasteiger partial charge in [0.2, 0.25) is 23.6 Å². The first-order valence-electron chi connectivity index (χ1n) is 18.9. The topological polar surface area (TPSA) is 181 Å². The SMILES string of the molecule is CC[C@H](C)[C@H]1NC(=O)[C@@H]2[C@@H](C)CCN2C(=O)[C@@H](C[C@@H](CCl)OC(=O)[C@H](OC)c2ccccc2)OC(=O)CCNC(=O)[C@H](C)N(C)C(=O)[C@H](C(C)C)N(C)C1=O. The molecule has 306 valence electrons. The number of hydrogen-bond acceptors (Lipinski definition) is 10. The van der Waals surface area contributed by atoms with Gasteiger partial charge < -0.3 is 39.5 Å². The van der Waals surface area contributed by atoms with Crippen LogP contribution in [0.3, 0.4) is 0 Å². The van der Waals surface area contributed by atoms with Gasteiger partial charge in [-0.2, -0.15) is 0 Å². The third-order valence-corrected chi connectivity index (χ3v) is 11.0. The standard InChI is InChI=1S/C39H58ClN5O10/c1-10-23(4)30-37(50)44(8)31(22(2)3)38(51)43(7)25(6)34(47)41-18-16-29(46)55-28(36(49)45-19-17-24(5)32(45)35(48)42-30)20-27(21-40)54-39(52)33(53-9)26-14-12-11-13-15-26/h11-15,22-25,27-28,30-33H,10,16-21H2,1-9H3,(H,41,47)(H,42,48)/t23-,24-,25-,27-,28+,30+,31-,32-,33+/m0/s1. The van der Waals surface area contributed by atoms with Crippen molar-refractivity contribution in [2.45, 2.75) is 110 Å². The van der Waals surface area contributed by atoms with Crippen molar-refractivity contribution in [3.8, 4) is 0 Å². The molecule has 2 heterocycles. The summed E-state index contributed by atoms with van der Waals surface area (Å²) in [5.74, 6) is -5.74. The molecule has 0 aliphatic carbocycles. The van der Waals surface area contributed by atoms with Crippen molar-refractivity contribution in [2.24, 2.45) is 17.8 Å². The zero-order valence-electron chi connectivity index (χ0n) is 33.4. The lowest BCUT2D eigenvalue weighted by molar-refractivity contribution is -0.169. The summed E-state index contributed by atoms with van der Waals surface area (Å²) < 4.78 is 16.8. The Morgan fingerprint density at radius 3 is 2.20 bits per heavy atom. The number of halogens is 1.